The molecule has 0 radical (unpaired) electrons. The minimum absolute atomic E-state index is 0.243. The second-order valence-corrected chi connectivity index (χ2v) is 9.38. The van der Waals surface area contributed by atoms with Crippen LogP contribution in [-0.2, 0) is 0 Å². The number of fused-ring (bicyclic) bond motifs is 1. The van der Waals surface area contributed by atoms with Gasteiger partial charge in [0.2, 0.25) is 5.95 Å². The predicted molar refractivity (Wildman–Crippen MR) is 135 cm³/mol. The number of aromatic nitrogens is 2. The summed E-state index contributed by atoms with van der Waals surface area (Å²) in [7, 11) is 0. The molecule has 1 aromatic heterocycles. The predicted octanol–water partition coefficient (Wildman–Crippen LogP) is 3.79. The first-order chi connectivity index (χ1) is 16.1. The summed E-state index contributed by atoms with van der Waals surface area (Å²) in [6, 6.07) is 14.8. The van der Waals surface area contributed by atoms with E-state index < -0.39 is 0 Å². The molecule has 174 valence electrons. The quantitative estimate of drug-likeness (QED) is 0.598. The molecule has 3 aromatic rings. The molecule has 0 spiro atoms. The molecule has 3 heterocycles. The fourth-order valence-corrected chi connectivity index (χ4v) is 4.81. The van der Waals surface area contributed by atoms with Gasteiger partial charge in [-0.05, 0) is 57.0 Å². The van der Waals surface area contributed by atoms with E-state index in [9.17, 15) is 0 Å². The van der Waals surface area contributed by atoms with Crippen LogP contribution in [0, 0.1) is 0 Å². The fourth-order valence-electron chi connectivity index (χ4n) is 4.81. The minimum Gasteiger partial charge on any atom is -0.488 e. The number of hydrogen-bond acceptors (Lipinski definition) is 7. The van der Waals surface area contributed by atoms with Crippen LogP contribution in [0.5, 0.6) is 5.75 Å². The Morgan fingerprint density at radius 3 is 2.30 bits per heavy atom. The van der Waals surface area contributed by atoms with E-state index in [1.165, 1.54) is 5.69 Å². The molecule has 5 rings (SSSR count). The average molecular weight is 447 g/mol. The second kappa shape index (κ2) is 9.43. The van der Waals surface area contributed by atoms with E-state index in [-0.39, 0.29) is 6.10 Å². The summed E-state index contributed by atoms with van der Waals surface area (Å²) in [4.78, 5) is 16.8. The molecule has 2 aromatic carbocycles. The lowest BCUT2D eigenvalue weighted by molar-refractivity contribution is 0.0852. The number of nitrogens with zero attached hydrogens (tertiary/aromatic N) is 5. The van der Waals surface area contributed by atoms with Crippen LogP contribution in [0.4, 0.5) is 17.3 Å². The normalized spacial score (nSPS) is 18.3. The summed E-state index contributed by atoms with van der Waals surface area (Å²) in [6.07, 6.45) is 4.28. The number of likely N-dealkylation sites (tertiary alicyclic amines) is 1. The Hall–Kier alpha value is -3.06. The Labute approximate surface area is 196 Å². The van der Waals surface area contributed by atoms with Gasteiger partial charge in [-0.2, -0.15) is 0 Å². The summed E-state index contributed by atoms with van der Waals surface area (Å²) >= 11 is 0. The average Bonchev–Trinajstić information content (AvgIpc) is 2.85. The number of hydrogen-bond donors (Lipinski definition) is 1. The van der Waals surface area contributed by atoms with Crippen molar-refractivity contribution in [1.82, 2.24) is 14.9 Å². The van der Waals surface area contributed by atoms with Gasteiger partial charge >= 0.3 is 0 Å². The lowest BCUT2D eigenvalue weighted by atomic mass is 10.1. The maximum atomic E-state index is 6.47. The number of nitrogens with two attached hydrogens (primary N) is 1. The van der Waals surface area contributed by atoms with Crippen molar-refractivity contribution in [1.29, 1.82) is 0 Å². The number of benzene rings is 2. The van der Waals surface area contributed by atoms with E-state index >= 15 is 0 Å². The van der Waals surface area contributed by atoms with Crippen molar-refractivity contribution in [2.75, 3.05) is 54.8 Å². The van der Waals surface area contributed by atoms with Gasteiger partial charge in [0, 0.05) is 68.3 Å². The molecule has 2 N–H and O–H groups in total. The third-order valence-electron chi connectivity index (χ3n) is 6.88. The van der Waals surface area contributed by atoms with Crippen LogP contribution in [0.3, 0.4) is 0 Å². The number of rotatable bonds is 5. The van der Waals surface area contributed by atoms with Crippen LogP contribution >= 0.6 is 0 Å². The highest BCUT2D eigenvalue weighted by atomic mass is 16.5. The highest BCUT2D eigenvalue weighted by molar-refractivity contribution is 5.84. The Balaban J connectivity index is 1.28. The first-order valence-corrected chi connectivity index (χ1v) is 12.1. The number of piperazine rings is 1. The van der Waals surface area contributed by atoms with Gasteiger partial charge < -0.3 is 25.2 Å². The van der Waals surface area contributed by atoms with Crippen molar-refractivity contribution in [3.63, 3.8) is 0 Å². The summed E-state index contributed by atoms with van der Waals surface area (Å²) < 4.78 is 6.47. The molecule has 2 fully saturated rings. The zero-order valence-electron chi connectivity index (χ0n) is 19.7. The first kappa shape index (κ1) is 21.8. The van der Waals surface area contributed by atoms with Crippen LogP contribution in [0.2, 0.25) is 0 Å². The molecule has 2 aliphatic heterocycles. The number of anilines is 3. The summed E-state index contributed by atoms with van der Waals surface area (Å²) in [5.74, 6) is 1.66. The van der Waals surface area contributed by atoms with Gasteiger partial charge in [0.05, 0.1) is 0 Å². The molecule has 2 aliphatic rings. The van der Waals surface area contributed by atoms with E-state index in [1.807, 2.05) is 30.5 Å². The van der Waals surface area contributed by atoms with Crippen LogP contribution in [0.25, 0.3) is 10.9 Å². The third-order valence-corrected chi connectivity index (χ3v) is 6.88. The van der Waals surface area contributed by atoms with Gasteiger partial charge in [-0.15, -0.1) is 0 Å². The zero-order valence-corrected chi connectivity index (χ0v) is 19.7. The lowest BCUT2D eigenvalue weighted by Gasteiger charge is -2.36. The van der Waals surface area contributed by atoms with Gasteiger partial charge in [0.25, 0.3) is 0 Å². The third kappa shape index (κ3) is 4.83. The topological polar surface area (TPSA) is 70.8 Å². The van der Waals surface area contributed by atoms with E-state index in [0.717, 1.165) is 80.4 Å². The number of ether oxygens (including phenoxy) is 1. The Morgan fingerprint density at radius 1 is 0.909 bits per heavy atom. The molecule has 33 heavy (non-hydrogen) atoms. The van der Waals surface area contributed by atoms with E-state index in [0.29, 0.717) is 6.04 Å². The molecule has 0 aliphatic carbocycles. The van der Waals surface area contributed by atoms with E-state index in [2.05, 4.69) is 51.7 Å². The van der Waals surface area contributed by atoms with Crippen LogP contribution in [-0.4, -0.2) is 66.3 Å². The molecule has 0 unspecified atom stereocenters. The van der Waals surface area contributed by atoms with Crippen molar-refractivity contribution >= 4 is 28.2 Å². The molecule has 2 saturated heterocycles. The van der Waals surface area contributed by atoms with Crippen molar-refractivity contribution in [2.24, 2.45) is 0 Å². The first-order valence-electron chi connectivity index (χ1n) is 12.1. The van der Waals surface area contributed by atoms with Gasteiger partial charge in [-0.1, -0.05) is 12.1 Å². The van der Waals surface area contributed by atoms with Gasteiger partial charge in [-0.25, -0.2) is 9.97 Å². The molecular formula is C26H34N6O. The molecule has 0 amide bonds. The minimum atomic E-state index is 0.243. The largest absolute Gasteiger partial charge is 0.488 e. The second-order valence-electron chi connectivity index (χ2n) is 9.38. The van der Waals surface area contributed by atoms with Crippen LogP contribution in [0.15, 0.2) is 48.7 Å². The number of para-hydroxylation sites is 1. The van der Waals surface area contributed by atoms with Gasteiger partial charge in [0.1, 0.15) is 17.4 Å². The molecular weight excluding hydrogens is 412 g/mol. The molecule has 7 heteroatoms. The highest BCUT2D eigenvalue weighted by Gasteiger charge is 2.24. The monoisotopic (exact) mass is 446 g/mol. The number of piperidine rings is 1. The van der Waals surface area contributed by atoms with Crippen molar-refractivity contribution in [2.45, 2.75) is 38.8 Å². The molecule has 0 bridgehead atoms. The van der Waals surface area contributed by atoms with Gasteiger partial charge in [0.15, 0.2) is 0 Å². The van der Waals surface area contributed by atoms with Crippen molar-refractivity contribution in [3.05, 3.63) is 48.7 Å². The van der Waals surface area contributed by atoms with Crippen molar-refractivity contribution in [3.8, 4) is 5.75 Å². The summed E-state index contributed by atoms with van der Waals surface area (Å²) in [6.45, 7) is 10.3. The SMILES string of the molecule is CC(C)N1CCC(Oc2cccc3cnc(N4CCN(c5ccc(N)cc5)CC4)nc23)CC1. The van der Waals surface area contributed by atoms with Crippen molar-refractivity contribution < 1.29 is 4.74 Å². The lowest BCUT2D eigenvalue weighted by Crippen LogP contribution is -2.47. The molecule has 7 nitrogen and oxygen atoms in total. The highest BCUT2D eigenvalue weighted by Crippen LogP contribution is 2.29. The maximum Gasteiger partial charge on any atom is 0.226 e. The van der Waals surface area contributed by atoms with Crippen LogP contribution < -0.4 is 20.3 Å². The Bertz CT molecular complexity index is 1070. The van der Waals surface area contributed by atoms with E-state index in [4.69, 9.17) is 15.5 Å². The fraction of sp³-hybridized carbons (Fsp3) is 0.462. The molecule has 0 atom stereocenters. The smallest absolute Gasteiger partial charge is 0.226 e. The summed E-state index contributed by atoms with van der Waals surface area (Å²) in [5, 5.41) is 1.02. The number of nitrogen functional groups attached to an aromatic ring is 1. The summed E-state index contributed by atoms with van der Waals surface area (Å²) in [5.41, 5.74) is 8.75. The van der Waals surface area contributed by atoms with E-state index in [1.54, 1.807) is 0 Å². The Kier molecular flexibility index (Phi) is 6.22. The zero-order chi connectivity index (χ0) is 22.8. The maximum absolute atomic E-state index is 6.47. The molecule has 0 saturated carbocycles. The van der Waals surface area contributed by atoms with Crippen LogP contribution in [0.1, 0.15) is 26.7 Å². The standard InChI is InChI=1S/C26H34N6O/c1-19(2)30-12-10-23(11-13-30)33-24-5-3-4-20-18-28-26(29-25(20)24)32-16-14-31(15-17-32)22-8-6-21(27)7-9-22/h3-9,18-19,23H,10-17,27H2,1-2H3. The Morgan fingerprint density at radius 2 is 1.61 bits per heavy atom. The van der Waals surface area contributed by atoms with Gasteiger partial charge in [-0.3, -0.25) is 0 Å².